The van der Waals surface area contributed by atoms with Crippen molar-refractivity contribution in [3.63, 3.8) is 0 Å². The predicted octanol–water partition coefficient (Wildman–Crippen LogP) is 2.46. The number of Topliss-reactive ketones (excluding diaryl/α,β-unsaturated/α-hetero) is 1. The molecule has 0 aliphatic carbocycles. The zero-order valence-corrected chi connectivity index (χ0v) is 8.84. The summed E-state index contributed by atoms with van der Waals surface area (Å²) in [6.45, 7) is 1.81. The van der Waals surface area contributed by atoms with Gasteiger partial charge in [-0.2, -0.15) is 0 Å². The zero-order valence-electron chi connectivity index (χ0n) is 8.84. The number of furan rings is 1. The van der Waals surface area contributed by atoms with Crippen molar-refractivity contribution >= 4 is 5.78 Å². The monoisotopic (exact) mass is 217 g/mol. The first-order valence-corrected chi connectivity index (χ1v) is 4.88. The fourth-order valence-corrected chi connectivity index (χ4v) is 1.25. The number of hydrogen-bond acceptors (Lipinski definition) is 4. The zero-order chi connectivity index (χ0) is 11.4. The molecule has 2 aromatic heterocycles. The maximum absolute atomic E-state index is 11.1. The lowest BCUT2D eigenvalue weighted by Gasteiger charge is -2.03. The molecule has 0 radical (unpaired) electrons. The molecular formula is C12H11NO3. The topological polar surface area (TPSA) is 52.3 Å². The molecule has 0 aliphatic heterocycles. The lowest BCUT2D eigenvalue weighted by Crippen LogP contribution is -1.98. The first kappa shape index (κ1) is 10.4. The maximum Gasteiger partial charge on any atom is 0.214 e. The minimum atomic E-state index is -0.00903. The molecule has 0 fully saturated rings. The summed E-state index contributed by atoms with van der Waals surface area (Å²) in [6.07, 6.45) is 3.13. The number of pyridine rings is 1. The van der Waals surface area contributed by atoms with Crippen LogP contribution in [0.15, 0.2) is 41.1 Å². The third-order valence-corrected chi connectivity index (χ3v) is 2.08. The van der Waals surface area contributed by atoms with Crippen LogP contribution >= 0.6 is 0 Å². The molecule has 82 valence electrons. The van der Waals surface area contributed by atoms with Gasteiger partial charge in [0.2, 0.25) is 5.88 Å². The molecule has 0 unspecified atom stereocenters. The molecule has 0 aliphatic rings. The Morgan fingerprint density at radius 3 is 3.06 bits per heavy atom. The van der Waals surface area contributed by atoms with Crippen LogP contribution in [0.3, 0.4) is 0 Å². The van der Waals surface area contributed by atoms with E-state index in [1.165, 1.54) is 6.92 Å². The average Bonchev–Trinajstić information content (AvgIpc) is 2.79. The number of aromatic nitrogens is 1. The van der Waals surface area contributed by atoms with Gasteiger partial charge >= 0.3 is 0 Å². The summed E-state index contributed by atoms with van der Waals surface area (Å²) in [4.78, 5) is 15.1. The van der Waals surface area contributed by atoms with Crippen LogP contribution in [-0.2, 0) is 6.61 Å². The Morgan fingerprint density at radius 2 is 2.38 bits per heavy atom. The van der Waals surface area contributed by atoms with E-state index in [-0.39, 0.29) is 5.78 Å². The summed E-state index contributed by atoms with van der Waals surface area (Å²) < 4.78 is 10.5. The van der Waals surface area contributed by atoms with Gasteiger partial charge in [0, 0.05) is 17.8 Å². The summed E-state index contributed by atoms with van der Waals surface area (Å²) in [5.74, 6) is 1.13. The molecule has 2 rings (SSSR count). The van der Waals surface area contributed by atoms with E-state index in [1.807, 2.05) is 6.07 Å². The van der Waals surface area contributed by atoms with Crippen LogP contribution in [0.5, 0.6) is 5.88 Å². The van der Waals surface area contributed by atoms with Gasteiger partial charge < -0.3 is 9.15 Å². The predicted molar refractivity (Wildman–Crippen MR) is 57.3 cm³/mol. The van der Waals surface area contributed by atoms with Gasteiger partial charge in [-0.05, 0) is 25.1 Å². The van der Waals surface area contributed by atoms with E-state index in [4.69, 9.17) is 9.15 Å². The van der Waals surface area contributed by atoms with Crippen molar-refractivity contribution in [2.75, 3.05) is 0 Å². The van der Waals surface area contributed by atoms with Crippen molar-refractivity contribution in [3.05, 3.63) is 48.0 Å². The van der Waals surface area contributed by atoms with Gasteiger partial charge in [-0.15, -0.1) is 0 Å². The highest BCUT2D eigenvalue weighted by Crippen LogP contribution is 2.12. The van der Waals surface area contributed by atoms with E-state index in [0.29, 0.717) is 18.1 Å². The van der Waals surface area contributed by atoms with E-state index in [1.54, 1.807) is 30.7 Å². The largest absolute Gasteiger partial charge is 0.469 e. The van der Waals surface area contributed by atoms with Crippen molar-refractivity contribution < 1.29 is 13.9 Å². The molecule has 0 amide bonds. The van der Waals surface area contributed by atoms with Crippen molar-refractivity contribution in [2.24, 2.45) is 0 Å². The van der Waals surface area contributed by atoms with Crippen LogP contribution in [0.2, 0.25) is 0 Å². The van der Waals surface area contributed by atoms with Gasteiger partial charge in [-0.1, -0.05) is 0 Å². The van der Waals surface area contributed by atoms with E-state index in [9.17, 15) is 4.79 Å². The second kappa shape index (κ2) is 4.61. The second-order valence-electron chi connectivity index (χ2n) is 3.31. The third-order valence-electron chi connectivity index (χ3n) is 2.08. The average molecular weight is 217 g/mol. The summed E-state index contributed by atoms with van der Waals surface area (Å²) in [6, 6.07) is 6.88. The smallest absolute Gasteiger partial charge is 0.214 e. The summed E-state index contributed by atoms with van der Waals surface area (Å²) in [7, 11) is 0. The second-order valence-corrected chi connectivity index (χ2v) is 3.31. The lowest BCUT2D eigenvalue weighted by molar-refractivity contribution is 0.101. The van der Waals surface area contributed by atoms with Gasteiger partial charge in [0.25, 0.3) is 0 Å². The number of hydrogen-bond donors (Lipinski definition) is 0. The Morgan fingerprint density at radius 1 is 1.50 bits per heavy atom. The SMILES string of the molecule is CC(=O)c1ccnc(OCc2ccco2)c1. The molecule has 2 aromatic rings. The molecule has 2 heterocycles. The van der Waals surface area contributed by atoms with Gasteiger partial charge in [0.05, 0.1) is 6.26 Å². The molecule has 0 saturated carbocycles. The van der Waals surface area contributed by atoms with Crippen molar-refractivity contribution in [3.8, 4) is 5.88 Å². The van der Waals surface area contributed by atoms with Crippen LogP contribution < -0.4 is 4.74 Å². The van der Waals surface area contributed by atoms with Crippen LogP contribution in [-0.4, -0.2) is 10.8 Å². The number of carbonyl (C=O) groups excluding carboxylic acids is 1. The number of ketones is 1. The van der Waals surface area contributed by atoms with Crippen LogP contribution in [0, 0.1) is 0 Å². The molecule has 4 heteroatoms. The van der Waals surface area contributed by atoms with Crippen LogP contribution in [0.25, 0.3) is 0 Å². The normalized spacial score (nSPS) is 10.1. The number of rotatable bonds is 4. The molecule has 0 aromatic carbocycles. The van der Waals surface area contributed by atoms with E-state index in [2.05, 4.69) is 4.98 Å². The standard InChI is InChI=1S/C12H11NO3/c1-9(14)10-4-5-13-12(7-10)16-8-11-3-2-6-15-11/h2-7H,8H2,1H3. The molecule has 4 nitrogen and oxygen atoms in total. The highest BCUT2D eigenvalue weighted by Gasteiger charge is 2.03. The van der Waals surface area contributed by atoms with Crippen molar-refractivity contribution in [1.29, 1.82) is 0 Å². The van der Waals surface area contributed by atoms with Crippen LogP contribution in [0.1, 0.15) is 23.0 Å². The molecular weight excluding hydrogens is 206 g/mol. The number of nitrogens with zero attached hydrogens (tertiary/aromatic N) is 1. The minimum Gasteiger partial charge on any atom is -0.469 e. The molecule has 0 N–H and O–H groups in total. The van der Waals surface area contributed by atoms with Crippen molar-refractivity contribution in [1.82, 2.24) is 4.98 Å². The summed E-state index contributed by atoms with van der Waals surface area (Å²) in [5, 5.41) is 0. The van der Waals surface area contributed by atoms with Gasteiger partial charge in [0.1, 0.15) is 12.4 Å². The van der Waals surface area contributed by atoms with E-state index in [0.717, 1.165) is 5.76 Å². The Balaban J connectivity index is 2.04. The Kier molecular flexibility index (Phi) is 3.00. The summed E-state index contributed by atoms with van der Waals surface area (Å²) in [5.41, 5.74) is 0.587. The van der Waals surface area contributed by atoms with Crippen LogP contribution in [0.4, 0.5) is 0 Å². The first-order valence-electron chi connectivity index (χ1n) is 4.88. The third kappa shape index (κ3) is 2.48. The molecule has 0 bridgehead atoms. The number of carbonyl (C=O) groups is 1. The van der Waals surface area contributed by atoms with Gasteiger partial charge in [0.15, 0.2) is 5.78 Å². The Hall–Kier alpha value is -2.10. The number of ether oxygens (including phenoxy) is 1. The fraction of sp³-hybridized carbons (Fsp3) is 0.167. The van der Waals surface area contributed by atoms with Crippen molar-refractivity contribution in [2.45, 2.75) is 13.5 Å². The summed E-state index contributed by atoms with van der Waals surface area (Å²) >= 11 is 0. The molecule has 0 saturated heterocycles. The minimum absolute atomic E-state index is 0.00903. The quantitative estimate of drug-likeness (QED) is 0.738. The highest BCUT2D eigenvalue weighted by molar-refractivity contribution is 5.94. The maximum atomic E-state index is 11.1. The molecule has 0 spiro atoms. The molecule has 0 atom stereocenters. The van der Waals surface area contributed by atoms with Gasteiger partial charge in [-0.25, -0.2) is 4.98 Å². The van der Waals surface area contributed by atoms with E-state index >= 15 is 0 Å². The lowest BCUT2D eigenvalue weighted by atomic mass is 10.2. The Bertz CT molecular complexity index is 477. The molecule has 16 heavy (non-hydrogen) atoms. The Labute approximate surface area is 92.9 Å². The highest BCUT2D eigenvalue weighted by atomic mass is 16.5. The first-order chi connectivity index (χ1) is 7.75. The van der Waals surface area contributed by atoms with E-state index < -0.39 is 0 Å². The van der Waals surface area contributed by atoms with Gasteiger partial charge in [-0.3, -0.25) is 4.79 Å². The fourth-order valence-electron chi connectivity index (χ4n) is 1.25.